The molecule has 4 aliphatic rings. The molecule has 9 rings (SSSR count). The number of piperidine rings is 4. The van der Waals surface area contributed by atoms with Crippen LogP contribution in [0.1, 0.15) is 99.2 Å². The van der Waals surface area contributed by atoms with Crippen LogP contribution in [0.3, 0.4) is 0 Å². The Hall–Kier alpha value is -5.46. The average molecular weight is 991 g/mol. The van der Waals surface area contributed by atoms with Gasteiger partial charge in [-0.3, -0.25) is 28.9 Å². The Bertz CT molecular complexity index is 2760. The van der Waals surface area contributed by atoms with E-state index < -0.39 is 17.4 Å². The highest BCUT2D eigenvalue weighted by atomic mass is 35.5. The van der Waals surface area contributed by atoms with Gasteiger partial charge in [0, 0.05) is 56.8 Å². The minimum absolute atomic E-state index is 0.186. The highest BCUT2D eigenvalue weighted by Crippen LogP contribution is 2.40. The number of anilines is 1. The Kier molecular flexibility index (Phi) is 15.5. The maximum absolute atomic E-state index is 13.4. The fraction of sp³-hybridized carbons (Fsp3) is 0.519. The van der Waals surface area contributed by atoms with E-state index >= 15 is 0 Å². The Morgan fingerprint density at radius 2 is 1.56 bits per heavy atom. The van der Waals surface area contributed by atoms with Crippen LogP contribution in [-0.4, -0.2) is 99.0 Å². The number of alkyl halides is 1. The van der Waals surface area contributed by atoms with Crippen LogP contribution in [0.25, 0.3) is 11.0 Å². The number of para-hydroxylation sites is 1. The number of ether oxygens (including phenoxy) is 2. The Morgan fingerprint density at radius 1 is 0.843 bits per heavy atom. The van der Waals surface area contributed by atoms with Crippen molar-refractivity contribution in [1.29, 1.82) is 5.26 Å². The van der Waals surface area contributed by atoms with Crippen molar-refractivity contribution in [3.8, 4) is 17.6 Å². The third kappa shape index (κ3) is 10.9. The van der Waals surface area contributed by atoms with E-state index in [0.717, 1.165) is 108 Å². The number of fused-ring (bicyclic) bond motifs is 1. The number of hydrogen-bond acceptors (Lipinski definition) is 11. The van der Waals surface area contributed by atoms with E-state index in [9.17, 15) is 19.6 Å². The lowest BCUT2D eigenvalue weighted by molar-refractivity contribution is -0.135. The first-order valence-electron chi connectivity index (χ1n) is 25.1. The monoisotopic (exact) mass is 989 g/mol. The van der Waals surface area contributed by atoms with Crippen LogP contribution >= 0.6 is 23.2 Å². The van der Waals surface area contributed by atoms with Crippen molar-refractivity contribution in [2.75, 3.05) is 63.2 Å². The van der Waals surface area contributed by atoms with Gasteiger partial charge >= 0.3 is 5.69 Å². The number of aromatic nitrogens is 4. The van der Waals surface area contributed by atoms with Crippen LogP contribution in [0.2, 0.25) is 5.02 Å². The lowest BCUT2D eigenvalue weighted by Gasteiger charge is -2.41. The molecule has 4 saturated heterocycles. The molecule has 0 aliphatic carbocycles. The van der Waals surface area contributed by atoms with Gasteiger partial charge in [0.15, 0.2) is 0 Å². The summed E-state index contributed by atoms with van der Waals surface area (Å²) in [7, 11) is 1.78. The molecule has 1 atom stereocenters. The maximum atomic E-state index is 13.4. The van der Waals surface area contributed by atoms with Crippen LogP contribution in [0.5, 0.6) is 11.5 Å². The van der Waals surface area contributed by atoms with Gasteiger partial charge in [0.2, 0.25) is 17.8 Å². The normalized spacial score (nSPS) is 19.4. The number of hydrogen-bond donors (Lipinski definition) is 1. The zero-order chi connectivity index (χ0) is 48.9. The van der Waals surface area contributed by atoms with E-state index in [4.69, 9.17) is 37.7 Å². The number of likely N-dealkylation sites (tertiary alicyclic amines) is 2. The Labute approximate surface area is 420 Å². The summed E-state index contributed by atoms with van der Waals surface area (Å²) in [6.07, 6.45) is 9.78. The van der Waals surface area contributed by atoms with Crippen molar-refractivity contribution >= 4 is 52.0 Å². The number of carbonyl (C=O) groups is 2. The summed E-state index contributed by atoms with van der Waals surface area (Å²) in [6, 6.07) is 21.5. The largest absolute Gasteiger partial charge is 0.490 e. The summed E-state index contributed by atoms with van der Waals surface area (Å²) in [5.41, 5.74) is 5.76. The van der Waals surface area contributed by atoms with Gasteiger partial charge in [-0.05, 0) is 136 Å². The summed E-state index contributed by atoms with van der Waals surface area (Å²) in [4.78, 5) is 55.1. The second-order valence-electron chi connectivity index (χ2n) is 20.3. The number of imidazole rings is 1. The van der Waals surface area contributed by atoms with Crippen LogP contribution < -0.4 is 25.4 Å². The number of imide groups is 1. The molecule has 0 spiro atoms. The molecule has 2 aromatic heterocycles. The van der Waals surface area contributed by atoms with Crippen LogP contribution in [-0.2, 0) is 41.6 Å². The Balaban J connectivity index is 0.705. The van der Waals surface area contributed by atoms with Crippen molar-refractivity contribution in [3.63, 3.8) is 0 Å². The lowest BCUT2D eigenvalue weighted by atomic mass is 9.77. The summed E-state index contributed by atoms with van der Waals surface area (Å²) in [5, 5.41) is 12.4. The molecule has 14 nitrogen and oxygen atoms in total. The standard InChI is InChI=1S/C54H65Cl2N9O5/c1-54(2,42-31-39(13-22-57)50(45(56)32-42)69-30-21-55)41-7-9-44(10-8-41)70-35-43-14-23-58-52(59-43)64-28-19-38(20-29-64)37-17-26-62(27-18-37)33-36-15-24-63(25-16-36)34-40-5-4-6-46-49(40)61(3)53(68)65(46)47-11-12-48(66)60-51(47)67/h4-10,14,23,31-32,36-38,47H,11-13,15-21,24-30,33-35H2,1-3H3,(H,60,66,67). The average Bonchev–Trinajstić information content (AvgIpc) is 3.62. The molecule has 3 aromatic carbocycles. The molecule has 16 heteroatoms. The van der Waals surface area contributed by atoms with Gasteiger partial charge in [-0.15, -0.1) is 11.6 Å². The predicted octanol–water partition coefficient (Wildman–Crippen LogP) is 8.19. The van der Waals surface area contributed by atoms with Gasteiger partial charge in [-0.2, -0.15) is 5.26 Å². The first-order chi connectivity index (χ1) is 33.9. The van der Waals surface area contributed by atoms with Crippen LogP contribution in [0.15, 0.2) is 71.7 Å². The van der Waals surface area contributed by atoms with E-state index in [0.29, 0.717) is 42.2 Å². The number of nitriles is 1. The number of nitrogens with zero attached hydrogens (tertiary/aromatic N) is 8. The van der Waals surface area contributed by atoms with Gasteiger partial charge in [0.1, 0.15) is 30.8 Å². The quantitative estimate of drug-likeness (QED) is 0.0753. The van der Waals surface area contributed by atoms with E-state index in [1.54, 1.807) is 16.2 Å². The molecule has 70 heavy (non-hydrogen) atoms. The van der Waals surface area contributed by atoms with Crippen LogP contribution in [0.4, 0.5) is 5.95 Å². The van der Waals surface area contributed by atoms with Crippen LogP contribution in [0, 0.1) is 29.1 Å². The molecule has 6 heterocycles. The number of benzene rings is 3. The lowest BCUT2D eigenvalue weighted by Crippen LogP contribution is -2.44. The molecule has 5 aromatic rings. The molecule has 0 radical (unpaired) electrons. The maximum Gasteiger partial charge on any atom is 0.329 e. The first-order valence-corrected chi connectivity index (χ1v) is 26.0. The van der Waals surface area contributed by atoms with E-state index in [2.05, 4.69) is 63.1 Å². The molecule has 370 valence electrons. The summed E-state index contributed by atoms with van der Waals surface area (Å²) in [5.74, 6) is 3.87. The minimum atomic E-state index is -0.679. The Morgan fingerprint density at radius 3 is 2.26 bits per heavy atom. The van der Waals surface area contributed by atoms with Crippen molar-refractivity contribution < 1.29 is 19.1 Å². The van der Waals surface area contributed by atoms with Crippen molar-refractivity contribution in [2.24, 2.45) is 24.8 Å². The minimum Gasteiger partial charge on any atom is -0.490 e. The van der Waals surface area contributed by atoms with Gasteiger partial charge in [0.25, 0.3) is 0 Å². The van der Waals surface area contributed by atoms with Gasteiger partial charge < -0.3 is 19.3 Å². The number of carbonyl (C=O) groups excluding carboxylic acids is 2. The number of amides is 2. The molecule has 1 unspecified atom stereocenters. The van der Waals surface area contributed by atoms with Crippen molar-refractivity contribution in [2.45, 2.75) is 96.2 Å². The summed E-state index contributed by atoms with van der Waals surface area (Å²) in [6.45, 7) is 13.2. The molecule has 0 saturated carbocycles. The second-order valence-corrected chi connectivity index (χ2v) is 21.0. The topological polar surface area (TPSA) is 151 Å². The second kappa shape index (κ2) is 21.9. The van der Waals surface area contributed by atoms with Gasteiger partial charge in [-0.25, -0.2) is 14.8 Å². The zero-order valence-electron chi connectivity index (χ0n) is 40.7. The summed E-state index contributed by atoms with van der Waals surface area (Å²) < 4.78 is 15.3. The molecule has 1 N–H and O–H groups in total. The molecule has 4 aliphatic heterocycles. The SMILES string of the molecule is Cn1c(=O)n(C2CCC(=O)NC2=O)c2cccc(CN3CCC(CN4CCC(C5CCN(c6nccc(COc7ccc(C(C)(C)c8cc(Cl)c(OCCCl)c(CC#N)c8)cc7)n6)CC5)CC4)CC3)c21. The fourth-order valence-corrected chi connectivity index (χ4v) is 11.8. The van der Waals surface area contributed by atoms with E-state index in [1.807, 2.05) is 48.7 Å². The fourth-order valence-electron chi connectivity index (χ4n) is 11.4. The smallest absolute Gasteiger partial charge is 0.329 e. The molecule has 2 amide bonds. The third-order valence-corrected chi connectivity index (χ3v) is 16.0. The van der Waals surface area contributed by atoms with Gasteiger partial charge in [0.05, 0.1) is 40.1 Å². The third-order valence-electron chi connectivity index (χ3n) is 15.5. The number of nitrogens with one attached hydrogen (secondary N) is 1. The molecule has 4 fully saturated rings. The van der Waals surface area contributed by atoms with E-state index in [1.165, 1.54) is 45.3 Å². The van der Waals surface area contributed by atoms with Crippen molar-refractivity contribution in [1.82, 2.24) is 34.2 Å². The number of halogens is 2. The van der Waals surface area contributed by atoms with Gasteiger partial charge in [-0.1, -0.05) is 55.8 Å². The summed E-state index contributed by atoms with van der Waals surface area (Å²) >= 11 is 12.5. The molecule has 0 bridgehead atoms. The number of aryl methyl sites for hydroxylation is 1. The van der Waals surface area contributed by atoms with Crippen molar-refractivity contribution in [3.05, 3.63) is 110 Å². The predicted molar refractivity (Wildman–Crippen MR) is 273 cm³/mol. The molecular formula is C54H65Cl2N9O5. The highest BCUT2D eigenvalue weighted by Gasteiger charge is 2.34. The number of rotatable bonds is 16. The molecular weight excluding hydrogens is 926 g/mol. The first kappa shape index (κ1) is 49.5. The van der Waals surface area contributed by atoms with E-state index in [-0.39, 0.29) is 24.4 Å². The highest BCUT2D eigenvalue weighted by molar-refractivity contribution is 6.32. The zero-order valence-corrected chi connectivity index (χ0v) is 42.2.